The van der Waals surface area contributed by atoms with Crippen molar-refractivity contribution in [2.24, 2.45) is 0 Å². The summed E-state index contributed by atoms with van der Waals surface area (Å²) >= 11 is 0. The smallest absolute Gasteiger partial charge is 0.305 e. The van der Waals surface area contributed by atoms with Gasteiger partial charge in [-0.3, -0.25) is 14.4 Å². The Morgan fingerprint density at radius 1 is 0.519 bits per heavy atom. The molecule has 0 saturated heterocycles. The second-order valence-corrected chi connectivity index (χ2v) is 16.7. The van der Waals surface area contributed by atoms with Crippen LogP contribution < -0.4 is 10.0 Å². The summed E-state index contributed by atoms with van der Waals surface area (Å²) in [5, 5.41) is 3.18. The third-order valence-electron chi connectivity index (χ3n) is 9.23. The normalized spacial score (nSPS) is 12.0. The average Bonchev–Trinajstić information content (AvgIpc) is 3.10. The molecule has 0 aromatic carbocycles. The Hall–Kier alpha value is -1.76. The molecule has 2 N–H and O–H groups in total. The van der Waals surface area contributed by atoms with Crippen LogP contribution in [0.1, 0.15) is 175 Å². The highest BCUT2D eigenvalue weighted by Gasteiger charge is 2.36. The van der Waals surface area contributed by atoms with Gasteiger partial charge in [-0.05, 0) is 33.4 Å². The van der Waals surface area contributed by atoms with Crippen LogP contribution in [0, 0.1) is 0 Å². The summed E-state index contributed by atoms with van der Waals surface area (Å²) in [5.74, 6) is -1.42. The minimum atomic E-state index is -3.63. The number of likely N-dealkylation sites (N-methyl/N-ethyl adjacent to an activating group) is 1. The van der Waals surface area contributed by atoms with Gasteiger partial charge in [-0.15, -0.1) is 0 Å². The van der Waals surface area contributed by atoms with Gasteiger partial charge in [-0.2, -0.15) is 0 Å². The van der Waals surface area contributed by atoms with Crippen molar-refractivity contribution in [1.82, 2.24) is 14.9 Å². The molecule has 308 valence electrons. The van der Waals surface area contributed by atoms with Crippen molar-refractivity contribution in [3.05, 3.63) is 0 Å². The van der Waals surface area contributed by atoms with Crippen molar-refractivity contribution < 1.29 is 37.0 Å². The van der Waals surface area contributed by atoms with Gasteiger partial charge in [0.15, 0.2) is 0 Å². The molecule has 0 heterocycles. The molecule has 0 aliphatic carbocycles. The van der Waals surface area contributed by atoms with Gasteiger partial charge >= 0.3 is 17.9 Å². The number of hydrogen-bond donors (Lipinski definition) is 2. The predicted molar refractivity (Wildman–Crippen MR) is 212 cm³/mol. The van der Waals surface area contributed by atoms with E-state index in [1.165, 1.54) is 57.8 Å². The zero-order chi connectivity index (χ0) is 38.8. The first-order valence-corrected chi connectivity index (χ1v) is 22.5. The number of carbonyl (C=O) groups excluding carboxylic acids is 3. The van der Waals surface area contributed by atoms with E-state index in [1.807, 2.05) is 19.0 Å². The van der Waals surface area contributed by atoms with E-state index in [-0.39, 0.29) is 75.8 Å². The summed E-state index contributed by atoms with van der Waals surface area (Å²) in [4.78, 5) is 40.5. The first-order valence-electron chi connectivity index (χ1n) is 20.8. The van der Waals surface area contributed by atoms with Crippen molar-refractivity contribution in [3.8, 4) is 0 Å². The number of unbranched alkanes of at least 4 members (excludes halogenated alkanes) is 18. The first kappa shape index (κ1) is 50.2. The third-order valence-corrected chi connectivity index (χ3v) is 10.6. The van der Waals surface area contributed by atoms with Crippen LogP contribution in [0.3, 0.4) is 0 Å². The van der Waals surface area contributed by atoms with Crippen molar-refractivity contribution >= 4 is 27.9 Å². The number of nitrogens with zero attached hydrogens (tertiary/aromatic N) is 1. The molecule has 0 radical (unpaired) electrons. The quantitative estimate of drug-likeness (QED) is 0.0363. The SMILES string of the molecule is CCCCCCCCCC(=O)OCC(COC(=O)CCCCCCCCC)(COC(=O)CCCCCCCCC)NCCS(=O)(=O)NCCN(C)C. The second-order valence-electron chi connectivity index (χ2n) is 14.8. The molecule has 0 spiro atoms. The fourth-order valence-corrected chi connectivity index (χ4v) is 6.69. The monoisotopic (exact) mass is 762 g/mol. The van der Waals surface area contributed by atoms with E-state index in [4.69, 9.17) is 14.2 Å². The van der Waals surface area contributed by atoms with E-state index in [2.05, 4.69) is 30.8 Å². The second kappa shape index (κ2) is 33.8. The van der Waals surface area contributed by atoms with E-state index < -0.39 is 15.6 Å². The molecule has 11 nitrogen and oxygen atoms in total. The maximum atomic E-state index is 12.9. The van der Waals surface area contributed by atoms with Crippen molar-refractivity contribution in [3.63, 3.8) is 0 Å². The third kappa shape index (κ3) is 31.7. The van der Waals surface area contributed by atoms with Crippen LogP contribution in [0.2, 0.25) is 0 Å². The fraction of sp³-hybridized carbons (Fsp3) is 0.925. The van der Waals surface area contributed by atoms with Gasteiger partial charge in [0.1, 0.15) is 25.4 Å². The van der Waals surface area contributed by atoms with Crippen LogP contribution in [-0.2, 0) is 38.6 Å². The Balaban J connectivity index is 5.58. The minimum Gasteiger partial charge on any atom is -0.463 e. The summed E-state index contributed by atoms with van der Waals surface area (Å²) in [6, 6.07) is 0. The van der Waals surface area contributed by atoms with Gasteiger partial charge in [-0.25, -0.2) is 13.1 Å². The van der Waals surface area contributed by atoms with E-state index in [0.29, 0.717) is 25.8 Å². The number of esters is 3. The van der Waals surface area contributed by atoms with Crippen LogP contribution in [0.5, 0.6) is 0 Å². The van der Waals surface area contributed by atoms with Gasteiger partial charge in [0.2, 0.25) is 10.0 Å². The molecule has 52 heavy (non-hydrogen) atoms. The molecule has 0 saturated carbocycles. The number of carbonyl (C=O) groups is 3. The van der Waals surface area contributed by atoms with Crippen molar-refractivity contribution in [2.45, 2.75) is 180 Å². The van der Waals surface area contributed by atoms with Gasteiger partial charge in [0, 0.05) is 38.9 Å². The van der Waals surface area contributed by atoms with E-state index >= 15 is 0 Å². The molecule has 0 fully saturated rings. The average molecular weight is 762 g/mol. The van der Waals surface area contributed by atoms with Gasteiger partial charge in [0.25, 0.3) is 0 Å². The highest BCUT2D eigenvalue weighted by Crippen LogP contribution is 2.16. The van der Waals surface area contributed by atoms with Crippen LogP contribution in [-0.4, -0.2) is 96.1 Å². The summed E-state index contributed by atoms with van der Waals surface area (Å²) in [6.07, 6.45) is 23.2. The molecular weight excluding hydrogens is 683 g/mol. The molecule has 0 aliphatic heterocycles. The highest BCUT2D eigenvalue weighted by molar-refractivity contribution is 7.89. The van der Waals surface area contributed by atoms with Crippen LogP contribution in [0.4, 0.5) is 0 Å². The molecule has 0 unspecified atom stereocenters. The maximum Gasteiger partial charge on any atom is 0.305 e. The first-order chi connectivity index (χ1) is 25.0. The van der Waals surface area contributed by atoms with Crippen LogP contribution >= 0.6 is 0 Å². The summed E-state index contributed by atoms with van der Waals surface area (Å²) in [6.45, 7) is 6.64. The Labute approximate surface area is 318 Å². The molecule has 12 heteroatoms. The number of ether oxygens (including phenoxy) is 3. The number of nitrogens with one attached hydrogen (secondary N) is 2. The molecule has 0 atom stereocenters. The maximum absolute atomic E-state index is 12.9. The number of sulfonamides is 1. The van der Waals surface area contributed by atoms with E-state index in [0.717, 1.165) is 57.8 Å². The highest BCUT2D eigenvalue weighted by atomic mass is 32.2. The molecule has 0 amide bonds. The standard InChI is InChI=1S/C40H79N3O8S/c1-6-9-12-15-18-21-24-27-37(44)49-34-40(41-31-33-52(47,48)42-30-32-43(4)5,35-50-38(45)28-25-22-19-16-13-10-7-2)36-51-39(46)29-26-23-20-17-14-11-8-3/h41-42H,6-36H2,1-5H3. The summed E-state index contributed by atoms with van der Waals surface area (Å²) < 4.78 is 45.3. The fourth-order valence-electron chi connectivity index (χ4n) is 5.78. The lowest BCUT2D eigenvalue weighted by molar-refractivity contribution is -0.157. The van der Waals surface area contributed by atoms with Gasteiger partial charge in [-0.1, -0.05) is 136 Å². The zero-order valence-corrected chi connectivity index (χ0v) is 34.9. The van der Waals surface area contributed by atoms with Crippen LogP contribution in [0.25, 0.3) is 0 Å². The molecular formula is C40H79N3O8S. The topological polar surface area (TPSA) is 140 Å². The molecule has 0 aromatic heterocycles. The van der Waals surface area contributed by atoms with Crippen molar-refractivity contribution in [1.29, 1.82) is 0 Å². The van der Waals surface area contributed by atoms with E-state index in [1.54, 1.807) is 0 Å². The lowest BCUT2D eigenvalue weighted by atomic mass is 10.0. The number of rotatable bonds is 38. The summed E-state index contributed by atoms with van der Waals surface area (Å²) in [5.41, 5.74) is -1.30. The Bertz CT molecular complexity index is 910. The Kier molecular flexibility index (Phi) is 32.6. The van der Waals surface area contributed by atoms with Gasteiger partial charge in [0.05, 0.1) is 5.75 Å². The molecule has 0 bridgehead atoms. The van der Waals surface area contributed by atoms with Crippen molar-refractivity contribution in [2.75, 3.05) is 59.3 Å². The molecule has 0 aromatic rings. The molecule has 0 rings (SSSR count). The van der Waals surface area contributed by atoms with Gasteiger partial charge < -0.3 is 24.4 Å². The van der Waals surface area contributed by atoms with Crippen LogP contribution in [0.15, 0.2) is 0 Å². The minimum absolute atomic E-state index is 0.0305. The molecule has 0 aliphatic rings. The zero-order valence-electron chi connectivity index (χ0n) is 34.0. The predicted octanol–water partition coefficient (Wildman–Crippen LogP) is 7.85. The summed E-state index contributed by atoms with van der Waals surface area (Å²) in [7, 11) is 0.101. The Morgan fingerprint density at radius 3 is 1.17 bits per heavy atom. The van der Waals surface area contributed by atoms with E-state index in [9.17, 15) is 22.8 Å². The number of hydrogen-bond acceptors (Lipinski definition) is 10. The lowest BCUT2D eigenvalue weighted by Gasteiger charge is -2.33. The Morgan fingerprint density at radius 2 is 0.846 bits per heavy atom. The lowest BCUT2D eigenvalue weighted by Crippen LogP contribution is -2.58. The largest absolute Gasteiger partial charge is 0.463 e.